The van der Waals surface area contributed by atoms with Gasteiger partial charge in [-0.15, -0.1) is 11.6 Å². The van der Waals surface area contributed by atoms with Crippen molar-refractivity contribution in [2.75, 3.05) is 0 Å². The topological polar surface area (TPSA) is 0 Å². The predicted octanol–water partition coefficient (Wildman–Crippen LogP) is 5.36. The van der Waals surface area contributed by atoms with E-state index < -0.39 is 11.7 Å². The van der Waals surface area contributed by atoms with Gasteiger partial charge in [0.2, 0.25) is 0 Å². The SMILES string of the molecule is FC(F)(F)c1cccc(CC2=CC(Cl)CCCC2)c1. The largest absolute Gasteiger partial charge is 0.416 e. The van der Waals surface area contributed by atoms with Gasteiger partial charge in [-0.1, -0.05) is 36.3 Å². The molecule has 0 saturated heterocycles. The van der Waals surface area contributed by atoms with Crippen LogP contribution in [0.2, 0.25) is 0 Å². The Morgan fingerprint density at radius 1 is 1.21 bits per heavy atom. The van der Waals surface area contributed by atoms with E-state index in [0.717, 1.165) is 37.3 Å². The molecule has 0 fully saturated rings. The average Bonchev–Trinajstić information content (AvgIpc) is 2.53. The van der Waals surface area contributed by atoms with Gasteiger partial charge in [-0.05, 0) is 37.3 Å². The molecule has 4 heteroatoms. The molecular formula is C15H16ClF3. The lowest BCUT2D eigenvalue weighted by Gasteiger charge is -2.10. The van der Waals surface area contributed by atoms with E-state index in [2.05, 4.69) is 0 Å². The normalized spacial score (nSPS) is 20.8. The van der Waals surface area contributed by atoms with Crippen molar-refractivity contribution in [2.24, 2.45) is 0 Å². The molecule has 1 atom stereocenters. The van der Waals surface area contributed by atoms with Crippen molar-refractivity contribution in [2.45, 2.75) is 43.7 Å². The van der Waals surface area contributed by atoms with Gasteiger partial charge in [-0.3, -0.25) is 0 Å². The van der Waals surface area contributed by atoms with Crippen molar-refractivity contribution < 1.29 is 13.2 Å². The fourth-order valence-electron chi connectivity index (χ4n) is 2.38. The van der Waals surface area contributed by atoms with Crippen molar-refractivity contribution in [3.8, 4) is 0 Å². The van der Waals surface area contributed by atoms with E-state index in [1.165, 1.54) is 12.1 Å². The van der Waals surface area contributed by atoms with Crippen LogP contribution in [0, 0.1) is 0 Å². The van der Waals surface area contributed by atoms with E-state index in [1.54, 1.807) is 6.07 Å². The van der Waals surface area contributed by atoms with Crippen LogP contribution >= 0.6 is 11.6 Å². The van der Waals surface area contributed by atoms with Crippen LogP contribution in [0.5, 0.6) is 0 Å². The molecular weight excluding hydrogens is 273 g/mol. The van der Waals surface area contributed by atoms with Crippen molar-refractivity contribution in [1.82, 2.24) is 0 Å². The second kappa shape index (κ2) is 6.00. The Hall–Kier alpha value is -0.960. The number of benzene rings is 1. The van der Waals surface area contributed by atoms with Crippen LogP contribution in [-0.2, 0) is 12.6 Å². The van der Waals surface area contributed by atoms with E-state index in [9.17, 15) is 13.2 Å². The monoisotopic (exact) mass is 288 g/mol. The van der Waals surface area contributed by atoms with Gasteiger partial charge < -0.3 is 0 Å². The number of hydrogen-bond donors (Lipinski definition) is 0. The first kappa shape index (κ1) is 14.4. The average molecular weight is 289 g/mol. The molecule has 104 valence electrons. The Balaban J connectivity index is 2.14. The van der Waals surface area contributed by atoms with Crippen LogP contribution in [0.25, 0.3) is 0 Å². The summed E-state index contributed by atoms with van der Waals surface area (Å²) in [5.41, 5.74) is 1.27. The van der Waals surface area contributed by atoms with Crippen LogP contribution in [0.3, 0.4) is 0 Å². The number of halogens is 4. The lowest BCUT2D eigenvalue weighted by molar-refractivity contribution is -0.137. The van der Waals surface area contributed by atoms with E-state index in [4.69, 9.17) is 11.6 Å². The summed E-state index contributed by atoms with van der Waals surface area (Å²) in [7, 11) is 0. The third-order valence-corrected chi connectivity index (χ3v) is 3.67. The van der Waals surface area contributed by atoms with Crippen molar-refractivity contribution in [3.63, 3.8) is 0 Å². The van der Waals surface area contributed by atoms with Crippen molar-refractivity contribution >= 4 is 11.6 Å². The first-order valence-corrected chi connectivity index (χ1v) is 6.88. The van der Waals surface area contributed by atoms with Gasteiger partial charge in [-0.2, -0.15) is 13.2 Å². The molecule has 2 rings (SSSR count). The van der Waals surface area contributed by atoms with E-state index in [1.807, 2.05) is 6.08 Å². The maximum atomic E-state index is 12.6. The molecule has 0 N–H and O–H groups in total. The summed E-state index contributed by atoms with van der Waals surface area (Å²) in [6.45, 7) is 0. The zero-order valence-corrected chi connectivity index (χ0v) is 11.3. The fraction of sp³-hybridized carbons (Fsp3) is 0.467. The van der Waals surface area contributed by atoms with Gasteiger partial charge in [-0.25, -0.2) is 0 Å². The van der Waals surface area contributed by atoms with Gasteiger partial charge >= 0.3 is 6.18 Å². The highest BCUT2D eigenvalue weighted by atomic mass is 35.5. The van der Waals surface area contributed by atoms with Gasteiger partial charge in [0.25, 0.3) is 0 Å². The van der Waals surface area contributed by atoms with E-state index in [0.29, 0.717) is 12.0 Å². The van der Waals surface area contributed by atoms with Gasteiger partial charge in [0.05, 0.1) is 10.9 Å². The van der Waals surface area contributed by atoms with Gasteiger partial charge in [0.15, 0.2) is 0 Å². The van der Waals surface area contributed by atoms with E-state index >= 15 is 0 Å². The maximum absolute atomic E-state index is 12.6. The zero-order valence-electron chi connectivity index (χ0n) is 10.5. The highest BCUT2D eigenvalue weighted by molar-refractivity contribution is 6.21. The summed E-state index contributed by atoms with van der Waals surface area (Å²) >= 11 is 6.13. The molecule has 0 aliphatic heterocycles. The van der Waals surface area contributed by atoms with Crippen LogP contribution in [0.4, 0.5) is 13.2 Å². The molecule has 1 aliphatic carbocycles. The van der Waals surface area contributed by atoms with Crippen LogP contribution < -0.4 is 0 Å². The lowest BCUT2D eigenvalue weighted by Crippen LogP contribution is -2.05. The molecule has 1 aromatic carbocycles. The molecule has 0 bridgehead atoms. The minimum atomic E-state index is -4.27. The summed E-state index contributed by atoms with van der Waals surface area (Å²) < 4.78 is 37.9. The zero-order chi connectivity index (χ0) is 13.9. The first-order chi connectivity index (χ1) is 8.95. The maximum Gasteiger partial charge on any atom is 0.416 e. The Bertz CT molecular complexity index is 463. The quantitative estimate of drug-likeness (QED) is 0.508. The predicted molar refractivity (Wildman–Crippen MR) is 71.3 cm³/mol. The molecule has 19 heavy (non-hydrogen) atoms. The Kier molecular flexibility index (Phi) is 4.56. The van der Waals surface area contributed by atoms with Crippen LogP contribution in [0.15, 0.2) is 35.9 Å². The molecule has 0 amide bonds. The van der Waals surface area contributed by atoms with Gasteiger partial charge in [0, 0.05) is 0 Å². The summed E-state index contributed by atoms with van der Waals surface area (Å²) in [5.74, 6) is 0. The third kappa shape index (κ3) is 4.27. The molecule has 0 saturated carbocycles. The number of rotatable bonds is 2. The second-order valence-electron chi connectivity index (χ2n) is 4.96. The Morgan fingerprint density at radius 3 is 2.74 bits per heavy atom. The number of allylic oxidation sites excluding steroid dienone is 2. The molecule has 0 aromatic heterocycles. The standard InChI is InChI=1S/C15H16ClF3/c16-14-7-2-1-4-12(10-14)8-11-5-3-6-13(9-11)15(17,18)19/h3,5-6,9-10,14H,1-2,4,7-8H2. The van der Waals surface area contributed by atoms with Crippen LogP contribution in [0.1, 0.15) is 36.8 Å². The summed E-state index contributed by atoms with van der Waals surface area (Å²) in [6.07, 6.45) is 2.32. The molecule has 0 spiro atoms. The minimum absolute atomic E-state index is 0.0169. The molecule has 0 nitrogen and oxygen atoms in total. The minimum Gasteiger partial charge on any atom is -0.166 e. The molecule has 1 aliphatic rings. The fourth-order valence-corrected chi connectivity index (χ4v) is 2.71. The molecule has 1 aromatic rings. The summed E-state index contributed by atoms with van der Waals surface area (Å²) in [4.78, 5) is 0. The molecule has 0 heterocycles. The van der Waals surface area contributed by atoms with Crippen molar-refractivity contribution in [1.29, 1.82) is 0 Å². The number of hydrogen-bond acceptors (Lipinski definition) is 0. The Morgan fingerprint density at radius 2 is 2.00 bits per heavy atom. The summed E-state index contributed by atoms with van der Waals surface area (Å²) in [5, 5.41) is 0.0169. The van der Waals surface area contributed by atoms with Crippen LogP contribution in [-0.4, -0.2) is 5.38 Å². The molecule has 1 unspecified atom stereocenters. The van der Waals surface area contributed by atoms with Crippen molar-refractivity contribution in [3.05, 3.63) is 47.0 Å². The van der Waals surface area contributed by atoms with Gasteiger partial charge in [0.1, 0.15) is 0 Å². The highest BCUT2D eigenvalue weighted by Gasteiger charge is 2.30. The smallest absolute Gasteiger partial charge is 0.166 e. The highest BCUT2D eigenvalue weighted by Crippen LogP contribution is 2.30. The molecule has 0 radical (unpaired) electrons. The third-order valence-electron chi connectivity index (χ3n) is 3.33. The Labute approximate surface area is 116 Å². The summed E-state index contributed by atoms with van der Waals surface area (Å²) in [6, 6.07) is 5.54. The number of alkyl halides is 4. The first-order valence-electron chi connectivity index (χ1n) is 6.45. The second-order valence-corrected chi connectivity index (χ2v) is 5.52. The lowest BCUT2D eigenvalue weighted by atomic mass is 9.99. The van der Waals surface area contributed by atoms with E-state index in [-0.39, 0.29) is 5.38 Å².